The molecule has 1 N–H and O–H groups in total. The van der Waals surface area contributed by atoms with Crippen LogP contribution >= 0.6 is 39.1 Å². The summed E-state index contributed by atoms with van der Waals surface area (Å²) in [6, 6.07) is 14.1. The van der Waals surface area contributed by atoms with Crippen LogP contribution in [0, 0.1) is 0 Å². The van der Waals surface area contributed by atoms with Gasteiger partial charge < -0.3 is 5.32 Å². The summed E-state index contributed by atoms with van der Waals surface area (Å²) in [6.07, 6.45) is 0.912. The number of benzene rings is 2. The maximum Gasteiger partial charge on any atom is 0.0721 e. The summed E-state index contributed by atoms with van der Waals surface area (Å²) in [5.41, 5.74) is 2.07. The minimum Gasteiger partial charge on any atom is -0.380 e. The Morgan fingerprint density at radius 2 is 1.63 bits per heavy atom. The van der Waals surface area contributed by atoms with Gasteiger partial charge in [0.15, 0.2) is 0 Å². The Kier molecular flexibility index (Phi) is 5.14. The molecule has 0 fully saturated rings. The smallest absolute Gasteiger partial charge is 0.0721 e. The number of hydrogen-bond donors (Lipinski definition) is 1. The Bertz CT molecular complexity index is 534. The molecule has 0 saturated carbocycles. The monoisotopic (exact) mass is 357 g/mol. The van der Waals surface area contributed by atoms with Gasteiger partial charge in [0.2, 0.25) is 0 Å². The van der Waals surface area contributed by atoms with Crippen LogP contribution in [0.4, 0.5) is 5.69 Å². The summed E-state index contributed by atoms with van der Waals surface area (Å²) in [7, 11) is 0. The van der Waals surface area contributed by atoms with Gasteiger partial charge in [-0.1, -0.05) is 57.3 Å². The van der Waals surface area contributed by atoms with Crippen molar-refractivity contribution < 1.29 is 0 Å². The van der Waals surface area contributed by atoms with Gasteiger partial charge >= 0.3 is 0 Å². The third-order valence-electron chi connectivity index (χ3n) is 2.81. The van der Waals surface area contributed by atoms with E-state index in [0.717, 1.165) is 16.6 Å². The van der Waals surface area contributed by atoms with E-state index in [0.29, 0.717) is 10.0 Å². The number of nitrogens with one attached hydrogen (secondary N) is 1. The van der Waals surface area contributed by atoms with Crippen molar-refractivity contribution in [3.63, 3.8) is 0 Å². The number of hydrogen-bond acceptors (Lipinski definition) is 1. The summed E-state index contributed by atoms with van der Waals surface area (Å²) in [5.74, 6) is 0. The zero-order valence-electron chi connectivity index (χ0n) is 10.5. The maximum absolute atomic E-state index is 6.14. The first-order chi connectivity index (χ1) is 9.06. The van der Waals surface area contributed by atoms with Crippen molar-refractivity contribution in [2.75, 3.05) is 5.32 Å². The minimum absolute atomic E-state index is 0.249. The van der Waals surface area contributed by atoms with E-state index in [9.17, 15) is 0 Å². The fraction of sp³-hybridized carbons (Fsp3) is 0.200. The second-order valence-corrected chi connectivity index (χ2v) is 6.20. The van der Waals surface area contributed by atoms with Gasteiger partial charge in [0.1, 0.15) is 0 Å². The molecule has 1 nitrogen and oxygen atoms in total. The van der Waals surface area contributed by atoms with E-state index in [4.69, 9.17) is 23.2 Å². The van der Waals surface area contributed by atoms with Gasteiger partial charge in [-0.15, -0.1) is 0 Å². The fourth-order valence-electron chi connectivity index (χ4n) is 1.91. The Hall–Kier alpha value is -0.700. The van der Waals surface area contributed by atoms with Crippen LogP contribution in [0.1, 0.15) is 12.5 Å². The first-order valence-corrected chi connectivity index (χ1v) is 7.56. The number of anilines is 1. The Balaban J connectivity index is 2.05. The molecule has 0 heterocycles. The summed E-state index contributed by atoms with van der Waals surface area (Å²) in [5, 5.41) is 4.66. The van der Waals surface area contributed by atoms with Crippen LogP contribution in [0.2, 0.25) is 10.0 Å². The van der Waals surface area contributed by atoms with E-state index < -0.39 is 0 Å². The van der Waals surface area contributed by atoms with E-state index in [1.54, 1.807) is 0 Å². The highest BCUT2D eigenvalue weighted by molar-refractivity contribution is 9.10. The van der Waals surface area contributed by atoms with E-state index in [1.807, 2.05) is 30.3 Å². The lowest BCUT2D eigenvalue weighted by Gasteiger charge is -2.17. The zero-order valence-corrected chi connectivity index (χ0v) is 13.6. The average Bonchev–Trinajstić information content (AvgIpc) is 2.37. The van der Waals surface area contributed by atoms with Crippen LogP contribution in [-0.4, -0.2) is 6.04 Å². The molecule has 0 aliphatic heterocycles. The number of rotatable bonds is 4. The molecule has 0 aromatic heterocycles. The molecule has 0 aliphatic carbocycles. The predicted octanol–water partition coefficient (Wildman–Crippen LogP) is 5.80. The lowest BCUT2D eigenvalue weighted by Crippen LogP contribution is -2.18. The minimum atomic E-state index is 0.249. The topological polar surface area (TPSA) is 12.0 Å². The summed E-state index contributed by atoms with van der Waals surface area (Å²) >= 11 is 15.7. The van der Waals surface area contributed by atoms with Crippen LogP contribution in [0.25, 0.3) is 0 Å². The van der Waals surface area contributed by atoms with Crippen molar-refractivity contribution in [3.8, 4) is 0 Å². The van der Waals surface area contributed by atoms with Crippen LogP contribution in [0.5, 0.6) is 0 Å². The fourth-order valence-corrected chi connectivity index (χ4v) is 2.68. The van der Waals surface area contributed by atoms with E-state index >= 15 is 0 Å². The molecule has 1 atom stereocenters. The molecule has 19 heavy (non-hydrogen) atoms. The van der Waals surface area contributed by atoms with Crippen molar-refractivity contribution in [2.24, 2.45) is 0 Å². The molecule has 2 aromatic rings. The lowest BCUT2D eigenvalue weighted by atomic mass is 10.1. The van der Waals surface area contributed by atoms with Crippen molar-refractivity contribution in [1.82, 2.24) is 0 Å². The molecule has 0 bridgehead atoms. The predicted molar refractivity (Wildman–Crippen MR) is 87.4 cm³/mol. The van der Waals surface area contributed by atoms with Crippen molar-refractivity contribution >= 4 is 44.8 Å². The van der Waals surface area contributed by atoms with Crippen LogP contribution < -0.4 is 5.32 Å². The van der Waals surface area contributed by atoms with Gasteiger partial charge in [0, 0.05) is 10.5 Å². The van der Waals surface area contributed by atoms with Gasteiger partial charge in [-0.2, -0.15) is 0 Å². The second-order valence-electron chi connectivity index (χ2n) is 4.47. The van der Waals surface area contributed by atoms with E-state index in [2.05, 4.69) is 40.3 Å². The van der Waals surface area contributed by atoms with Crippen molar-refractivity contribution in [2.45, 2.75) is 19.4 Å². The molecule has 0 radical (unpaired) electrons. The van der Waals surface area contributed by atoms with Gasteiger partial charge in [-0.25, -0.2) is 0 Å². The molecule has 2 aromatic carbocycles. The van der Waals surface area contributed by atoms with Gasteiger partial charge in [-0.05, 0) is 43.2 Å². The third-order valence-corrected chi connectivity index (χ3v) is 3.97. The van der Waals surface area contributed by atoms with Crippen molar-refractivity contribution in [1.29, 1.82) is 0 Å². The van der Waals surface area contributed by atoms with Crippen LogP contribution in [0.15, 0.2) is 46.9 Å². The highest BCUT2D eigenvalue weighted by Gasteiger charge is 2.09. The van der Waals surface area contributed by atoms with Crippen molar-refractivity contribution in [3.05, 3.63) is 62.5 Å². The third kappa shape index (κ3) is 4.13. The van der Waals surface area contributed by atoms with E-state index in [-0.39, 0.29) is 6.04 Å². The van der Waals surface area contributed by atoms with Gasteiger partial charge in [-0.3, -0.25) is 0 Å². The van der Waals surface area contributed by atoms with Crippen LogP contribution in [-0.2, 0) is 6.42 Å². The SMILES string of the molecule is CC(Cc1ccc(Br)cc1)Nc1c(Cl)cccc1Cl. The highest BCUT2D eigenvalue weighted by atomic mass is 79.9. The van der Waals surface area contributed by atoms with Gasteiger partial charge in [0.05, 0.1) is 15.7 Å². The molecule has 100 valence electrons. The maximum atomic E-state index is 6.14. The molecule has 2 rings (SSSR count). The highest BCUT2D eigenvalue weighted by Crippen LogP contribution is 2.30. The second kappa shape index (κ2) is 6.65. The first kappa shape index (κ1) is 14.7. The largest absolute Gasteiger partial charge is 0.380 e. The molecular weight excluding hydrogens is 345 g/mol. The van der Waals surface area contributed by atoms with E-state index in [1.165, 1.54) is 5.56 Å². The summed E-state index contributed by atoms with van der Waals surface area (Å²) in [6.45, 7) is 2.11. The molecule has 0 spiro atoms. The normalized spacial score (nSPS) is 12.2. The Morgan fingerprint density at radius 3 is 2.21 bits per heavy atom. The molecule has 1 unspecified atom stereocenters. The molecule has 0 amide bonds. The zero-order chi connectivity index (χ0) is 13.8. The summed E-state index contributed by atoms with van der Waals surface area (Å²) in [4.78, 5) is 0. The molecule has 0 saturated heterocycles. The van der Waals surface area contributed by atoms with Gasteiger partial charge in [0.25, 0.3) is 0 Å². The first-order valence-electron chi connectivity index (χ1n) is 6.01. The Morgan fingerprint density at radius 1 is 1.05 bits per heavy atom. The molecule has 4 heteroatoms. The molecular formula is C15H14BrCl2N. The Labute approximate surface area is 132 Å². The number of halogens is 3. The summed E-state index contributed by atoms with van der Waals surface area (Å²) < 4.78 is 1.09. The standard InChI is InChI=1S/C15H14BrCl2N/c1-10(9-11-5-7-12(16)8-6-11)19-15-13(17)3-2-4-14(15)18/h2-8,10,19H,9H2,1H3. The quantitative estimate of drug-likeness (QED) is 0.728. The number of para-hydroxylation sites is 1. The van der Waals surface area contributed by atoms with Crippen LogP contribution in [0.3, 0.4) is 0 Å². The lowest BCUT2D eigenvalue weighted by molar-refractivity contribution is 0.790. The molecule has 0 aliphatic rings. The average molecular weight is 359 g/mol.